The maximum atomic E-state index is 12.8. The molecule has 0 aliphatic heterocycles. The third-order valence-electron chi connectivity index (χ3n) is 5.15. The van der Waals surface area contributed by atoms with E-state index in [0.29, 0.717) is 17.0 Å². The molecule has 5 aromatic rings. The molecule has 148 valence electrons. The lowest BCUT2D eigenvalue weighted by Crippen LogP contribution is -2.17. The summed E-state index contributed by atoms with van der Waals surface area (Å²) in [4.78, 5) is 28.9. The minimum absolute atomic E-state index is 0.222. The number of hydrogen-bond donors (Lipinski definition) is 1. The molecule has 0 atom stereocenters. The molecule has 0 aliphatic carbocycles. The van der Waals surface area contributed by atoms with E-state index in [-0.39, 0.29) is 11.6 Å². The van der Waals surface area contributed by atoms with Crippen LogP contribution in [0.5, 0.6) is 0 Å². The van der Waals surface area contributed by atoms with Crippen LogP contribution >= 0.6 is 0 Å². The molecule has 7 nitrogen and oxygen atoms in total. The van der Waals surface area contributed by atoms with Gasteiger partial charge in [-0.25, -0.2) is 24.3 Å². The highest BCUT2D eigenvalue weighted by molar-refractivity contribution is 5.75. The molecular formula is C23H20N6O. The van der Waals surface area contributed by atoms with E-state index in [1.807, 2.05) is 59.3 Å². The van der Waals surface area contributed by atoms with E-state index in [9.17, 15) is 4.79 Å². The standard InChI is InChI=1S/C23H20N6O/c1-15(2)18-5-3-4-6-20(18)29-22-19(26-23(29)30)13-25-21(27-22)16-7-9-17(10-8-16)28-12-11-24-14-28/h3-15H,1-2H3,(H,26,30). The highest BCUT2D eigenvalue weighted by atomic mass is 16.1. The molecule has 1 N–H and O–H groups in total. The zero-order valence-corrected chi connectivity index (χ0v) is 16.6. The Kier molecular flexibility index (Phi) is 4.28. The minimum atomic E-state index is -0.222. The number of para-hydroxylation sites is 1. The summed E-state index contributed by atoms with van der Waals surface area (Å²) < 4.78 is 3.57. The van der Waals surface area contributed by atoms with Crippen LogP contribution in [0.2, 0.25) is 0 Å². The number of fused-ring (bicyclic) bond motifs is 1. The van der Waals surface area contributed by atoms with Crippen LogP contribution in [0, 0.1) is 0 Å². The summed E-state index contributed by atoms with van der Waals surface area (Å²) in [6.45, 7) is 4.22. The smallest absolute Gasteiger partial charge is 0.306 e. The second-order valence-corrected chi connectivity index (χ2v) is 7.43. The van der Waals surface area contributed by atoms with Gasteiger partial charge in [-0.1, -0.05) is 32.0 Å². The average Bonchev–Trinajstić information content (AvgIpc) is 3.41. The van der Waals surface area contributed by atoms with E-state index in [4.69, 9.17) is 4.98 Å². The van der Waals surface area contributed by atoms with Crippen molar-refractivity contribution < 1.29 is 0 Å². The normalized spacial score (nSPS) is 11.4. The number of H-pyrrole nitrogens is 1. The Labute approximate surface area is 172 Å². The number of imidazole rings is 2. The van der Waals surface area contributed by atoms with Crippen molar-refractivity contribution in [2.24, 2.45) is 0 Å². The van der Waals surface area contributed by atoms with Crippen LogP contribution < -0.4 is 5.69 Å². The molecule has 30 heavy (non-hydrogen) atoms. The Bertz CT molecular complexity index is 1380. The van der Waals surface area contributed by atoms with E-state index < -0.39 is 0 Å². The number of aromatic nitrogens is 6. The van der Waals surface area contributed by atoms with E-state index in [1.54, 1.807) is 23.3 Å². The summed E-state index contributed by atoms with van der Waals surface area (Å²) in [6.07, 6.45) is 7.05. The highest BCUT2D eigenvalue weighted by Gasteiger charge is 2.16. The van der Waals surface area contributed by atoms with E-state index >= 15 is 0 Å². The molecule has 0 unspecified atom stereocenters. The summed E-state index contributed by atoms with van der Waals surface area (Å²) in [7, 11) is 0. The molecule has 3 heterocycles. The SMILES string of the molecule is CC(C)c1ccccc1-n1c(=O)[nH]c2cnc(-c3ccc(-n4ccnc4)cc3)nc21. The molecule has 3 aromatic heterocycles. The largest absolute Gasteiger partial charge is 0.332 e. The van der Waals surface area contributed by atoms with Crippen molar-refractivity contribution in [1.29, 1.82) is 0 Å². The van der Waals surface area contributed by atoms with Crippen molar-refractivity contribution in [1.82, 2.24) is 29.1 Å². The molecule has 5 rings (SSSR count). The third-order valence-corrected chi connectivity index (χ3v) is 5.15. The topological polar surface area (TPSA) is 81.4 Å². The molecule has 0 bridgehead atoms. The summed E-state index contributed by atoms with van der Waals surface area (Å²) in [5.41, 5.74) is 4.75. The average molecular weight is 396 g/mol. The van der Waals surface area contributed by atoms with Crippen LogP contribution in [0.25, 0.3) is 33.9 Å². The van der Waals surface area contributed by atoms with Gasteiger partial charge in [-0.05, 0) is 41.8 Å². The quantitative estimate of drug-likeness (QED) is 0.496. The number of hydrogen-bond acceptors (Lipinski definition) is 4. The van der Waals surface area contributed by atoms with Crippen molar-refractivity contribution in [2.75, 3.05) is 0 Å². The van der Waals surface area contributed by atoms with Crippen molar-refractivity contribution in [3.8, 4) is 22.8 Å². The minimum Gasteiger partial charge on any atom is -0.306 e. The van der Waals surface area contributed by atoms with Crippen LogP contribution in [0.1, 0.15) is 25.3 Å². The predicted octanol–water partition coefficient (Wildman–Crippen LogP) is 4.08. The number of rotatable bonds is 4. The van der Waals surface area contributed by atoms with E-state index in [2.05, 4.69) is 28.8 Å². The van der Waals surface area contributed by atoms with Gasteiger partial charge in [-0.3, -0.25) is 0 Å². The van der Waals surface area contributed by atoms with Gasteiger partial charge in [0.15, 0.2) is 11.5 Å². The van der Waals surface area contributed by atoms with Gasteiger partial charge in [0, 0.05) is 23.6 Å². The van der Waals surface area contributed by atoms with E-state index in [1.165, 1.54) is 0 Å². The van der Waals surface area contributed by atoms with Crippen molar-refractivity contribution in [3.63, 3.8) is 0 Å². The van der Waals surface area contributed by atoms with Gasteiger partial charge in [-0.15, -0.1) is 0 Å². The maximum absolute atomic E-state index is 12.8. The van der Waals surface area contributed by atoms with Crippen LogP contribution in [-0.2, 0) is 0 Å². The zero-order chi connectivity index (χ0) is 20.7. The van der Waals surface area contributed by atoms with Crippen LogP contribution in [-0.4, -0.2) is 29.1 Å². The fourth-order valence-electron chi connectivity index (χ4n) is 3.64. The molecule has 0 aliphatic rings. The first-order chi connectivity index (χ1) is 14.6. The van der Waals surface area contributed by atoms with Gasteiger partial charge in [0.05, 0.1) is 18.2 Å². The molecule has 0 fully saturated rings. The molecule has 0 spiro atoms. The number of nitrogens with one attached hydrogen (secondary N) is 1. The van der Waals surface area contributed by atoms with Gasteiger partial charge in [-0.2, -0.15) is 0 Å². The molecule has 7 heteroatoms. The van der Waals surface area contributed by atoms with Crippen molar-refractivity contribution in [2.45, 2.75) is 19.8 Å². The van der Waals surface area contributed by atoms with Gasteiger partial charge in [0.2, 0.25) is 0 Å². The fourth-order valence-corrected chi connectivity index (χ4v) is 3.64. The van der Waals surface area contributed by atoms with Gasteiger partial charge in [0.1, 0.15) is 5.52 Å². The second kappa shape index (κ2) is 7.11. The predicted molar refractivity (Wildman–Crippen MR) is 116 cm³/mol. The number of benzene rings is 2. The summed E-state index contributed by atoms with van der Waals surface area (Å²) in [5, 5.41) is 0. The van der Waals surface area contributed by atoms with Gasteiger partial charge >= 0.3 is 5.69 Å². The fraction of sp³-hybridized carbons (Fsp3) is 0.130. The number of nitrogens with zero attached hydrogens (tertiary/aromatic N) is 5. The molecule has 2 aromatic carbocycles. The van der Waals surface area contributed by atoms with Crippen LogP contribution in [0.15, 0.2) is 78.2 Å². The first-order valence-electron chi connectivity index (χ1n) is 9.77. The Morgan fingerprint density at radius 2 is 1.83 bits per heavy atom. The summed E-state index contributed by atoms with van der Waals surface area (Å²) >= 11 is 0. The van der Waals surface area contributed by atoms with Gasteiger partial charge in [0.25, 0.3) is 0 Å². The van der Waals surface area contributed by atoms with Crippen LogP contribution in [0.3, 0.4) is 0 Å². The highest BCUT2D eigenvalue weighted by Crippen LogP contribution is 2.25. The lowest BCUT2D eigenvalue weighted by atomic mass is 10.0. The second-order valence-electron chi connectivity index (χ2n) is 7.43. The molecule has 0 amide bonds. The molecular weight excluding hydrogens is 376 g/mol. The van der Waals surface area contributed by atoms with Gasteiger partial charge < -0.3 is 9.55 Å². The van der Waals surface area contributed by atoms with Crippen LogP contribution in [0.4, 0.5) is 0 Å². The lowest BCUT2D eigenvalue weighted by Gasteiger charge is -2.13. The Morgan fingerprint density at radius 1 is 1.03 bits per heavy atom. The molecule has 0 saturated carbocycles. The third kappa shape index (κ3) is 3.00. The van der Waals surface area contributed by atoms with Crippen molar-refractivity contribution >= 4 is 11.2 Å². The Balaban J connectivity index is 1.63. The van der Waals surface area contributed by atoms with Crippen molar-refractivity contribution in [3.05, 3.63) is 89.5 Å². The molecule has 0 saturated heterocycles. The number of aromatic amines is 1. The Morgan fingerprint density at radius 3 is 2.57 bits per heavy atom. The zero-order valence-electron chi connectivity index (χ0n) is 16.6. The first-order valence-corrected chi connectivity index (χ1v) is 9.77. The molecule has 0 radical (unpaired) electrons. The first kappa shape index (κ1) is 18.1. The lowest BCUT2D eigenvalue weighted by molar-refractivity contribution is 0.842. The summed E-state index contributed by atoms with van der Waals surface area (Å²) in [6, 6.07) is 15.8. The summed E-state index contributed by atoms with van der Waals surface area (Å²) in [5.74, 6) is 0.838. The maximum Gasteiger partial charge on any atom is 0.332 e. The Hall–Kier alpha value is -4.00. The monoisotopic (exact) mass is 396 g/mol. The van der Waals surface area contributed by atoms with E-state index in [0.717, 1.165) is 22.5 Å².